The molecule has 0 bridgehead atoms. The Morgan fingerprint density at radius 3 is 2.40 bits per heavy atom. The van der Waals surface area contributed by atoms with Gasteiger partial charge in [0.05, 0.1) is 6.61 Å². The van der Waals surface area contributed by atoms with Gasteiger partial charge in [-0.05, 0) is 30.0 Å². The number of hydrogen-bond donors (Lipinski definition) is 3. The van der Waals surface area contributed by atoms with Gasteiger partial charge in [-0.15, -0.1) is 0 Å². The van der Waals surface area contributed by atoms with Gasteiger partial charge >= 0.3 is 0 Å². The first-order chi connectivity index (χ1) is 9.52. The fourth-order valence-corrected chi connectivity index (χ4v) is 2.36. The van der Waals surface area contributed by atoms with Crippen molar-refractivity contribution in [2.45, 2.75) is 37.9 Å². The van der Waals surface area contributed by atoms with Gasteiger partial charge in [0.15, 0.2) is 11.4 Å². The van der Waals surface area contributed by atoms with E-state index in [1.165, 1.54) is 11.6 Å². The first kappa shape index (κ1) is 14.9. The van der Waals surface area contributed by atoms with Crippen molar-refractivity contribution < 1.29 is 20.1 Å². The Bertz CT molecular complexity index is 518. The Morgan fingerprint density at radius 2 is 1.90 bits per heavy atom. The van der Waals surface area contributed by atoms with Crippen molar-refractivity contribution in [1.29, 1.82) is 0 Å². The summed E-state index contributed by atoms with van der Waals surface area (Å²) < 4.78 is 0. The molecule has 0 fully saturated rings. The molecular formula is C16H20O4. The molecule has 0 amide bonds. The molecule has 1 aromatic carbocycles. The number of aliphatic hydroxyl groups is 3. The van der Waals surface area contributed by atoms with Crippen LogP contribution in [0, 0.1) is 0 Å². The number of carbonyl (C=O) groups is 1. The molecule has 0 saturated carbocycles. The molecule has 1 aromatic rings. The maximum absolute atomic E-state index is 12.1. The molecule has 2 atom stereocenters. The molecular weight excluding hydrogens is 256 g/mol. The summed E-state index contributed by atoms with van der Waals surface area (Å²) in [6, 6.07) is 7.51. The summed E-state index contributed by atoms with van der Waals surface area (Å²) in [6.45, 7) is 1.34. The van der Waals surface area contributed by atoms with Crippen molar-refractivity contribution in [1.82, 2.24) is 0 Å². The normalized spacial score (nSPS) is 25.9. The molecule has 0 radical (unpaired) electrons. The lowest BCUT2D eigenvalue weighted by Crippen LogP contribution is -2.48. The lowest BCUT2D eigenvalue weighted by Gasteiger charge is -2.22. The number of aliphatic hydroxyl groups excluding tert-OH is 2. The van der Waals surface area contributed by atoms with Gasteiger partial charge in [-0.2, -0.15) is 0 Å². The number of ketones is 1. The van der Waals surface area contributed by atoms with Crippen LogP contribution in [0.1, 0.15) is 30.9 Å². The largest absolute Gasteiger partial charge is 0.393 e. The highest BCUT2D eigenvalue weighted by Gasteiger charge is 2.48. The second kappa shape index (κ2) is 5.87. The molecule has 1 aliphatic rings. The fraction of sp³-hybridized carbons (Fsp3) is 0.438. The van der Waals surface area contributed by atoms with Crippen LogP contribution in [0.25, 0.3) is 5.57 Å². The number of rotatable bonds is 5. The number of hydrogen-bond acceptors (Lipinski definition) is 4. The molecule has 0 saturated heterocycles. The molecule has 0 unspecified atom stereocenters. The maximum atomic E-state index is 12.1. The molecule has 4 nitrogen and oxygen atoms in total. The van der Waals surface area contributed by atoms with Gasteiger partial charge in [0.25, 0.3) is 0 Å². The van der Waals surface area contributed by atoms with Crippen molar-refractivity contribution in [3.05, 3.63) is 41.5 Å². The molecule has 3 N–H and O–H groups in total. The Balaban J connectivity index is 2.21. The number of aryl methyl sites for hydroxylation is 1. The third-order valence-electron chi connectivity index (χ3n) is 3.78. The molecule has 0 aliphatic heterocycles. The third kappa shape index (κ3) is 2.54. The average molecular weight is 276 g/mol. The number of unbranched alkanes of at least 4 members (excludes halogenated alkanes) is 1. The van der Waals surface area contributed by atoms with Gasteiger partial charge in [-0.25, -0.2) is 0 Å². The predicted molar refractivity (Wildman–Crippen MR) is 76.1 cm³/mol. The van der Waals surface area contributed by atoms with E-state index in [4.69, 9.17) is 5.11 Å². The van der Waals surface area contributed by atoms with Gasteiger partial charge in [0.2, 0.25) is 0 Å². The molecule has 0 aromatic heterocycles. The second-order valence-electron chi connectivity index (χ2n) is 5.24. The highest BCUT2D eigenvalue weighted by Crippen LogP contribution is 2.32. The molecule has 0 spiro atoms. The van der Waals surface area contributed by atoms with E-state index in [1.807, 2.05) is 24.3 Å². The Labute approximate surface area is 118 Å². The van der Waals surface area contributed by atoms with Crippen LogP contribution in [-0.2, 0) is 11.2 Å². The highest BCUT2D eigenvalue weighted by molar-refractivity contribution is 6.27. The summed E-state index contributed by atoms with van der Waals surface area (Å²) in [4.78, 5) is 12.1. The number of benzene rings is 1. The van der Waals surface area contributed by atoms with E-state index in [2.05, 4.69) is 6.92 Å². The summed E-state index contributed by atoms with van der Waals surface area (Å²) in [5.41, 5.74) is 0.00493. The van der Waals surface area contributed by atoms with Gasteiger partial charge in [-0.3, -0.25) is 4.79 Å². The van der Waals surface area contributed by atoms with Gasteiger partial charge in [0, 0.05) is 5.57 Å². The van der Waals surface area contributed by atoms with Crippen molar-refractivity contribution in [3.63, 3.8) is 0 Å². The van der Waals surface area contributed by atoms with E-state index in [0.717, 1.165) is 19.3 Å². The highest BCUT2D eigenvalue weighted by atomic mass is 16.4. The minimum Gasteiger partial charge on any atom is -0.393 e. The topological polar surface area (TPSA) is 77.8 Å². The quantitative estimate of drug-likeness (QED) is 0.752. The lowest BCUT2D eigenvalue weighted by molar-refractivity contribution is -0.143. The van der Waals surface area contributed by atoms with Crippen LogP contribution in [0.5, 0.6) is 0 Å². The van der Waals surface area contributed by atoms with E-state index < -0.39 is 24.1 Å². The summed E-state index contributed by atoms with van der Waals surface area (Å²) in [5, 5.41) is 28.8. The van der Waals surface area contributed by atoms with Crippen LogP contribution >= 0.6 is 0 Å². The number of Topliss-reactive ketones (excluding diaryl/α,β-unsaturated/α-hetero) is 1. The Hall–Kier alpha value is -1.49. The monoisotopic (exact) mass is 276 g/mol. The third-order valence-corrected chi connectivity index (χ3v) is 3.78. The van der Waals surface area contributed by atoms with Gasteiger partial charge < -0.3 is 15.3 Å². The first-order valence-corrected chi connectivity index (χ1v) is 6.90. The van der Waals surface area contributed by atoms with Crippen molar-refractivity contribution in [2.24, 2.45) is 0 Å². The van der Waals surface area contributed by atoms with E-state index in [1.54, 1.807) is 0 Å². The second-order valence-corrected chi connectivity index (χ2v) is 5.24. The Morgan fingerprint density at radius 1 is 1.25 bits per heavy atom. The van der Waals surface area contributed by atoms with Crippen LogP contribution in [0.15, 0.2) is 30.3 Å². The van der Waals surface area contributed by atoms with Gasteiger partial charge in [-0.1, -0.05) is 37.6 Å². The zero-order valence-corrected chi connectivity index (χ0v) is 11.5. The molecule has 2 rings (SSSR count). The van der Waals surface area contributed by atoms with Crippen LogP contribution < -0.4 is 0 Å². The first-order valence-electron chi connectivity index (χ1n) is 6.90. The molecule has 4 heteroatoms. The van der Waals surface area contributed by atoms with Gasteiger partial charge in [0.1, 0.15) is 6.10 Å². The van der Waals surface area contributed by atoms with Crippen LogP contribution in [0.3, 0.4) is 0 Å². The van der Waals surface area contributed by atoms with E-state index in [-0.39, 0.29) is 5.57 Å². The lowest BCUT2D eigenvalue weighted by atomic mass is 9.94. The minimum absolute atomic E-state index is 0.260. The molecule has 0 heterocycles. The predicted octanol–water partition coefficient (Wildman–Crippen LogP) is 1.08. The van der Waals surface area contributed by atoms with Crippen molar-refractivity contribution in [3.8, 4) is 0 Å². The zero-order chi connectivity index (χ0) is 14.8. The van der Waals surface area contributed by atoms with E-state index in [0.29, 0.717) is 5.56 Å². The van der Waals surface area contributed by atoms with Crippen LogP contribution in [0.4, 0.5) is 0 Å². The smallest absolute Gasteiger partial charge is 0.200 e. The molecule has 108 valence electrons. The van der Waals surface area contributed by atoms with Crippen molar-refractivity contribution >= 4 is 11.4 Å². The van der Waals surface area contributed by atoms with E-state index >= 15 is 0 Å². The average Bonchev–Trinajstić information content (AvgIpc) is 2.70. The summed E-state index contributed by atoms with van der Waals surface area (Å²) in [7, 11) is 0. The standard InChI is InChI=1S/C16H20O4/c1-2-3-4-11-5-7-12(8-6-11)13-9-14(18)16(20,10-17)15(13)19/h5-9,14,17-18,20H,2-4,10H2,1H3/t14-,16-/m0/s1. The maximum Gasteiger partial charge on any atom is 0.200 e. The van der Waals surface area contributed by atoms with Crippen LogP contribution in [-0.4, -0.2) is 39.4 Å². The number of carbonyl (C=O) groups excluding carboxylic acids is 1. The molecule has 1 aliphatic carbocycles. The van der Waals surface area contributed by atoms with E-state index in [9.17, 15) is 15.0 Å². The summed E-state index contributed by atoms with van der Waals surface area (Å²) in [6.07, 6.45) is 3.17. The summed E-state index contributed by atoms with van der Waals surface area (Å²) >= 11 is 0. The zero-order valence-electron chi connectivity index (χ0n) is 11.5. The van der Waals surface area contributed by atoms with Crippen molar-refractivity contribution in [2.75, 3.05) is 6.61 Å². The Kier molecular flexibility index (Phi) is 4.38. The SMILES string of the molecule is CCCCc1ccc(C2=C[C@H](O)[C@@](O)(CO)C2=O)cc1. The van der Waals surface area contributed by atoms with Crippen LogP contribution in [0.2, 0.25) is 0 Å². The fourth-order valence-electron chi connectivity index (χ4n) is 2.36. The minimum atomic E-state index is -2.10. The summed E-state index contributed by atoms with van der Waals surface area (Å²) in [5.74, 6) is -0.631. The molecule has 20 heavy (non-hydrogen) atoms.